The Morgan fingerprint density at radius 2 is 1.89 bits per heavy atom. The van der Waals surface area contributed by atoms with E-state index in [-0.39, 0.29) is 11.4 Å². The van der Waals surface area contributed by atoms with Gasteiger partial charge in [-0.25, -0.2) is 0 Å². The van der Waals surface area contributed by atoms with Gasteiger partial charge in [-0.05, 0) is 51.2 Å². The molecule has 0 rings (SSSR count). The maximum atomic E-state index is 11.5. The van der Waals surface area contributed by atoms with E-state index in [1.54, 1.807) is 0 Å². The number of hydrogen-bond donors (Lipinski definition) is 1. The van der Waals surface area contributed by atoms with E-state index in [0.29, 0.717) is 13.2 Å². The van der Waals surface area contributed by atoms with Crippen molar-refractivity contribution in [3.05, 3.63) is 0 Å². The molecule has 0 unspecified atom stereocenters. The minimum absolute atomic E-state index is 0.113. The Morgan fingerprint density at radius 1 is 1.21 bits per heavy atom. The molecule has 0 bridgehead atoms. The molecule has 0 aromatic carbocycles. The zero-order valence-corrected chi connectivity index (χ0v) is 13.2. The van der Waals surface area contributed by atoms with Crippen LogP contribution in [0.1, 0.15) is 53.4 Å². The summed E-state index contributed by atoms with van der Waals surface area (Å²) < 4.78 is 5.00. The molecule has 114 valence electrons. The lowest BCUT2D eigenvalue weighted by atomic mass is 9.87. The van der Waals surface area contributed by atoms with E-state index < -0.39 is 0 Å². The van der Waals surface area contributed by atoms with Gasteiger partial charge in [0.25, 0.3) is 0 Å². The largest absolute Gasteiger partial charge is 0.465 e. The minimum atomic E-state index is -0.113. The SMILES string of the molecule is CCCN(CCCCC(C)(C)CN)CC(=O)OCC. The highest BCUT2D eigenvalue weighted by atomic mass is 16.5. The third-order valence-electron chi connectivity index (χ3n) is 3.33. The van der Waals surface area contributed by atoms with Gasteiger partial charge in [-0.15, -0.1) is 0 Å². The topological polar surface area (TPSA) is 55.6 Å². The molecule has 0 aromatic heterocycles. The summed E-state index contributed by atoms with van der Waals surface area (Å²) >= 11 is 0. The second-order valence-electron chi connectivity index (χ2n) is 5.91. The van der Waals surface area contributed by atoms with Crippen molar-refractivity contribution in [2.24, 2.45) is 11.1 Å². The van der Waals surface area contributed by atoms with E-state index in [1.165, 1.54) is 0 Å². The number of carbonyl (C=O) groups excluding carboxylic acids is 1. The van der Waals surface area contributed by atoms with Gasteiger partial charge in [0, 0.05) is 0 Å². The monoisotopic (exact) mass is 272 g/mol. The first-order valence-corrected chi connectivity index (χ1v) is 7.53. The molecule has 0 radical (unpaired) electrons. The summed E-state index contributed by atoms with van der Waals surface area (Å²) in [5.41, 5.74) is 5.96. The molecule has 0 aliphatic heterocycles. The Labute approximate surface area is 118 Å². The molecule has 0 heterocycles. The predicted molar refractivity (Wildman–Crippen MR) is 80.1 cm³/mol. The number of rotatable bonds is 11. The van der Waals surface area contributed by atoms with Crippen molar-refractivity contribution >= 4 is 5.97 Å². The minimum Gasteiger partial charge on any atom is -0.465 e. The predicted octanol–water partition coefficient (Wildman–Crippen LogP) is 2.42. The van der Waals surface area contributed by atoms with Crippen LogP contribution in [-0.2, 0) is 9.53 Å². The van der Waals surface area contributed by atoms with Gasteiger partial charge in [0.15, 0.2) is 0 Å². The number of carbonyl (C=O) groups is 1. The Balaban J connectivity index is 3.91. The van der Waals surface area contributed by atoms with Crippen molar-refractivity contribution in [2.75, 3.05) is 32.8 Å². The third kappa shape index (κ3) is 9.91. The Bertz CT molecular complexity index is 242. The van der Waals surface area contributed by atoms with Crippen LogP contribution in [0.25, 0.3) is 0 Å². The van der Waals surface area contributed by atoms with Crippen LogP contribution in [0.3, 0.4) is 0 Å². The van der Waals surface area contributed by atoms with Crippen LogP contribution < -0.4 is 5.73 Å². The van der Waals surface area contributed by atoms with Crippen LogP contribution >= 0.6 is 0 Å². The fourth-order valence-corrected chi connectivity index (χ4v) is 2.02. The number of unbranched alkanes of at least 4 members (excludes halogenated alkanes) is 1. The van der Waals surface area contributed by atoms with Crippen LogP contribution in [-0.4, -0.2) is 43.7 Å². The molecule has 0 saturated carbocycles. The first-order chi connectivity index (χ1) is 8.95. The molecule has 0 aliphatic rings. The first-order valence-electron chi connectivity index (χ1n) is 7.53. The highest BCUT2D eigenvalue weighted by Crippen LogP contribution is 2.21. The van der Waals surface area contributed by atoms with Crippen LogP contribution in [0.15, 0.2) is 0 Å². The number of hydrogen-bond acceptors (Lipinski definition) is 4. The summed E-state index contributed by atoms with van der Waals surface area (Å²) in [6, 6.07) is 0. The highest BCUT2D eigenvalue weighted by molar-refractivity contribution is 5.71. The normalized spacial score (nSPS) is 11.9. The second kappa shape index (κ2) is 10.2. The van der Waals surface area contributed by atoms with Crippen molar-refractivity contribution in [3.63, 3.8) is 0 Å². The van der Waals surface area contributed by atoms with Crippen LogP contribution in [0.5, 0.6) is 0 Å². The summed E-state index contributed by atoms with van der Waals surface area (Å²) in [4.78, 5) is 13.7. The zero-order chi connectivity index (χ0) is 14.7. The second-order valence-corrected chi connectivity index (χ2v) is 5.91. The van der Waals surface area contributed by atoms with E-state index in [0.717, 1.165) is 45.3 Å². The molecule has 0 amide bonds. The average molecular weight is 272 g/mol. The Kier molecular flexibility index (Phi) is 9.88. The molecular weight excluding hydrogens is 240 g/mol. The summed E-state index contributed by atoms with van der Waals surface area (Å²) in [5.74, 6) is -0.113. The van der Waals surface area contributed by atoms with Crippen molar-refractivity contribution in [1.29, 1.82) is 0 Å². The van der Waals surface area contributed by atoms with E-state index in [9.17, 15) is 4.79 Å². The van der Waals surface area contributed by atoms with Gasteiger partial charge >= 0.3 is 5.97 Å². The lowest BCUT2D eigenvalue weighted by Crippen LogP contribution is -2.33. The van der Waals surface area contributed by atoms with E-state index >= 15 is 0 Å². The molecule has 2 N–H and O–H groups in total. The van der Waals surface area contributed by atoms with Crippen LogP contribution in [0.4, 0.5) is 0 Å². The van der Waals surface area contributed by atoms with Gasteiger partial charge in [-0.3, -0.25) is 9.69 Å². The maximum absolute atomic E-state index is 11.5. The Morgan fingerprint density at radius 3 is 2.42 bits per heavy atom. The van der Waals surface area contributed by atoms with Gasteiger partial charge in [-0.2, -0.15) is 0 Å². The van der Waals surface area contributed by atoms with Crippen molar-refractivity contribution in [1.82, 2.24) is 4.90 Å². The number of nitrogens with two attached hydrogens (primary N) is 1. The van der Waals surface area contributed by atoms with Crippen LogP contribution in [0.2, 0.25) is 0 Å². The van der Waals surface area contributed by atoms with Gasteiger partial charge in [-0.1, -0.05) is 27.2 Å². The fraction of sp³-hybridized carbons (Fsp3) is 0.933. The van der Waals surface area contributed by atoms with Crippen molar-refractivity contribution in [2.45, 2.75) is 53.4 Å². The molecular formula is C15H32N2O2. The molecule has 4 heteroatoms. The average Bonchev–Trinajstić information content (AvgIpc) is 2.35. The smallest absolute Gasteiger partial charge is 0.320 e. The number of ether oxygens (including phenoxy) is 1. The molecule has 0 fully saturated rings. The summed E-state index contributed by atoms with van der Waals surface area (Å²) in [6.07, 6.45) is 4.48. The lowest BCUT2D eigenvalue weighted by Gasteiger charge is -2.24. The third-order valence-corrected chi connectivity index (χ3v) is 3.33. The Hall–Kier alpha value is -0.610. The molecule has 0 spiro atoms. The van der Waals surface area contributed by atoms with Crippen molar-refractivity contribution in [3.8, 4) is 0 Å². The summed E-state index contributed by atoms with van der Waals surface area (Å²) in [7, 11) is 0. The molecule has 0 aliphatic carbocycles. The summed E-state index contributed by atoms with van der Waals surface area (Å²) in [5, 5.41) is 0. The fourth-order valence-electron chi connectivity index (χ4n) is 2.02. The van der Waals surface area contributed by atoms with E-state index in [1.807, 2.05) is 6.92 Å². The van der Waals surface area contributed by atoms with E-state index in [2.05, 4.69) is 25.7 Å². The van der Waals surface area contributed by atoms with E-state index in [4.69, 9.17) is 10.5 Å². The first kappa shape index (κ1) is 18.4. The van der Waals surface area contributed by atoms with Crippen LogP contribution in [0, 0.1) is 5.41 Å². The van der Waals surface area contributed by atoms with Gasteiger partial charge in [0.05, 0.1) is 13.2 Å². The molecule has 0 aromatic rings. The summed E-state index contributed by atoms with van der Waals surface area (Å²) in [6.45, 7) is 11.9. The van der Waals surface area contributed by atoms with Gasteiger partial charge in [0.2, 0.25) is 0 Å². The molecule has 0 atom stereocenters. The molecule has 4 nitrogen and oxygen atoms in total. The molecule has 0 saturated heterocycles. The standard InChI is InChI=1S/C15H32N2O2/c1-5-10-17(12-14(18)19-6-2)11-8-7-9-15(3,4)13-16/h5-13,16H2,1-4H3. The van der Waals surface area contributed by atoms with Gasteiger partial charge in [0.1, 0.15) is 0 Å². The number of esters is 1. The number of nitrogens with zero attached hydrogens (tertiary/aromatic N) is 1. The quantitative estimate of drug-likeness (QED) is 0.463. The maximum Gasteiger partial charge on any atom is 0.320 e. The van der Waals surface area contributed by atoms with Gasteiger partial charge < -0.3 is 10.5 Å². The van der Waals surface area contributed by atoms with Crippen molar-refractivity contribution < 1.29 is 9.53 Å². The highest BCUT2D eigenvalue weighted by Gasteiger charge is 2.15. The molecule has 19 heavy (non-hydrogen) atoms. The zero-order valence-electron chi connectivity index (χ0n) is 13.2. The lowest BCUT2D eigenvalue weighted by molar-refractivity contribution is -0.144.